The van der Waals surface area contributed by atoms with Crippen molar-refractivity contribution in [3.63, 3.8) is 0 Å². The zero-order chi connectivity index (χ0) is 9.14. The highest BCUT2D eigenvalue weighted by molar-refractivity contribution is 14.1. The molecule has 0 heterocycles. The van der Waals surface area contributed by atoms with Crippen LogP contribution in [-0.2, 0) is 0 Å². The molecule has 0 spiro atoms. The van der Waals surface area contributed by atoms with E-state index in [2.05, 4.69) is 22.6 Å². The molecule has 66 valence electrons. The van der Waals surface area contributed by atoms with E-state index in [4.69, 9.17) is 5.73 Å². The molecule has 0 saturated heterocycles. The summed E-state index contributed by atoms with van der Waals surface area (Å²) in [6, 6.07) is 4.95. The Bertz CT molecular complexity index is 275. The number of nitrogens with two attached hydrogens (primary N) is 1. The van der Waals surface area contributed by atoms with Gasteiger partial charge in [-0.25, -0.2) is 4.39 Å². The van der Waals surface area contributed by atoms with Crippen LogP contribution in [0.2, 0.25) is 0 Å². The Morgan fingerprint density at radius 3 is 2.75 bits per heavy atom. The molecule has 0 aromatic heterocycles. The average molecular weight is 279 g/mol. The van der Waals surface area contributed by atoms with Crippen LogP contribution in [-0.4, -0.2) is 0 Å². The van der Waals surface area contributed by atoms with E-state index in [0.717, 1.165) is 9.99 Å². The minimum absolute atomic E-state index is 0.179. The predicted octanol–water partition coefficient (Wildman–Crippen LogP) is 2.84. The second-order valence-corrected chi connectivity index (χ2v) is 3.93. The van der Waals surface area contributed by atoms with Gasteiger partial charge in [-0.1, -0.05) is 13.0 Å². The molecule has 0 aliphatic carbocycles. The van der Waals surface area contributed by atoms with E-state index in [9.17, 15) is 4.39 Å². The van der Waals surface area contributed by atoms with Crippen molar-refractivity contribution >= 4 is 22.6 Å². The van der Waals surface area contributed by atoms with Crippen molar-refractivity contribution in [1.82, 2.24) is 0 Å². The molecule has 0 amide bonds. The van der Waals surface area contributed by atoms with Gasteiger partial charge >= 0.3 is 0 Å². The Morgan fingerprint density at radius 1 is 1.58 bits per heavy atom. The van der Waals surface area contributed by atoms with Crippen molar-refractivity contribution in [2.75, 3.05) is 0 Å². The largest absolute Gasteiger partial charge is 0.324 e. The van der Waals surface area contributed by atoms with Gasteiger partial charge in [0.1, 0.15) is 5.82 Å². The lowest BCUT2D eigenvalue weighted by atomic mass is 10.1. The number of hydrogen-bond donors (Lipinski definition) is 1. The first kappa shape index (κ1) is 9.92. The molecule has 0 bridgehead atoms. The van der Waals surface area contributed by atoms with Crippen molar-refractivity contribution in [2.45, 2.75) is 19.4 Å². The Morgan fingerprint density at radius 2 is 2.25 bits per heavy atom. The lowest BCUT2D eigenvalue weighted by molar-refractivity contribution is 0.574. The van der Waals surface area contributed by atoms with Crippen molar-refractivity contribution in [3.8, 4) is 0 Å². The molecule has 1 unspecified atom stereocenters. The molecule has 3 heteroatoms. The first-order chi connectivity index (χ1) is 5.65. The summed E-state index contributed by atoms with van der Waals surface area (Å²) < 4.78 is 14.1. The van der Waals surface area contributed by atoms with Crippen molar-refractivity contribution in [3.05, 3.63) is 33.1 Å². The van der Waals surface area contributed by atoms with Crippen molar-refractivity contribution < 1.29 is 4.39 Å². The van der Waals surface area contributed by atoms with Gasteiger partial charge in [-0.3, -0.25) is 0 Å². The summed E-state index contributed by atoms with van der Waals surface area (Å²) in [6.07, 6.45) is 0.761. The van der Waals surface area contributed by atoms with Gasteiger partial charge in [-0.05, 0) is 41.1 Å². The molecule has 0 saturated carbocycles. The van der Waals surface area contributed by atoms with Crippen LogP contribution < -0.4 is 5.73 Å². The average Bonchev–Trinajstić information content (AvgIpc) is 2.03. The van der Waals surface area contributed by atoms with Crippen LogP contribution in [0.25, 0.3) is 0 Å². The highest BCUT2D eigenvalue weighted by Gasteiger charge is 2.08. The van der Waals surface area contributed by atoms with Gasteiger partial charge in [0.05, 0.1) is 0 Å². The Balaban J connectivity index is 3.01. The van der Waals surface area contributed by atoms with Crippen LogP contribution in [0.15, 0.2) is 18.2 Å². The van der Waals surface area contributed by atoms with Gasteiger partial charge in [0.15, 0.2) is 0 Å². The summed E-state index contributed by atoms with van der Waals surface area (Å²) in [7, 11) is 0. The van der Waals surface area contributed by atoms with Crippen LogP contribution in [0.3, 0.4) is 0 Å². The van der Waals surface area contributed by atoms with E-state index < -0.39 is 0 Å². The normalized spacial score (nSPS) is 13.0. The van der Waals surface area contributed by atoms with Crippen LogP contribution >= 0.6 is 22.6 Å². The van der Waals surface area contributed by atoms with Crippen LogP contribution in [0.1, 0.15) is 24.9 Å². The van der Waals surface area contributed by atoms with Gasteiger partial charge in [0.2, 0.25) is 0 Å². The molecule has 0 aliphatic rings. The summed E-state index contributed by atoms with van der Waals surface area (Å²) in [5.74, 6) is -0.198. The van der Waals surface area contributed by atoms with Gasteiger partial charge in [0.25, 0.3) is 0 Å². The molecule has 2 N–H and O–H groups in total. The van der Waals surface area contributed by atoms with Crippen molar-refractivity contribution in [2.24, 2.45) is 5.73 Å². The standard InChI is InChI=1S/C9H11FIN/c1-2-9(12)7-4-3-6(11)5-8(7)10/h3-5,9H,2,12H2,1H3. The number of hydrogen-bond acceptors (Lipinski definition) is 1. The third-order valence-electron chi connectivity index (χ3n) is 1.80. The maximum absolute atomic E-state index is 13.2. The molecular formula is C9H11FIN. The molecular weight excluding hydrogens is 268 g/mol. The van der Waals surface area contributed by atoms with Crippen LogP contribution in [0.5, 0.6) is 0 Å². The fourth-order valence-corrected chi connectivity index (χ4v) is 1.48. The second-order valence-electron chi connectivity index (χ2n) is 2.68. The highest BCUT2D eigenvalue weighted by atomic mass is 127. The quantitative estimate of drug-likeness (QED) is 0.828. The van der Waals surface area contributed by atoms with Gasteiger partial charge in [-0.2, -0.15) is 0 Å². The molecule has 1 atom stereocenters. The zero-order valence-electron chi connectivity index (χ0n) is 6.85. The van der Waals surface area contributed by atoms with Gasteiger partial charge < -0.3 is 5.73 Å². The number of halogens is 2. The monoisotopic (exact) mass is 279 g/mol. The minimum Gasteiger partial charge on any atom is -0.324 e. The number of benzene rings is 1. The summed E-state index contributed by atoms with van der Waals surface area (Å²) in [5.41, 5.74) is 6.31. The molecule has 1 aromatic rings. The summed E-state index contributed by atoms with van der Waals surface area (Å²) >= 11 is 2.08. The van der Waals surface area contributed by atoms with Crippen molar-refractivity contribution in [1.29, 1.82) is 0 Å². The smallest absolute Gasteiger partial charge is 0.129 e. The van der Waals surface area contributed by atoms with E-state index in [0.29, 0.717) is 5.56 Å². The summed E-state index contributed by atoms with van der Waals surface area (Å²) in [4.78, 5) is 0. The van der Waals surface area contributed by atoms with Gasteiger partial charge in [0, 0.05) is 15.2 Å². The maximum atomic E-state index is 13.2. The molecule has 0 aliphatic heterocycles. The molecule has 0 radical (unpaired) electrons. The topological polar surface area (TPSA) is 26.0 Å². The maximum Gasteiger partial charge on any atom is 0.129 e. The van der Waals surface area contributed by atoms with E-state index >= 15 is 0 Å². The Labute approximate surface area is 85.3 Å². The third kappa shape index (κ3) is 2.17. The van der Waals surface area contributed by atoms with E-state index in [1.807, 2.05) is 13.0 Å². The van der Waals surface area contributed by atoms with Crippen LogP contribution in [0.4, 0.5) is 4.39 Å². The molecule has 12 heavy (non-hydrogen) atoms. The van der Waals surface area contributed by atoms with E-state index in [1.54, 1.807) is 6.07 Å². The molecule has 1 aromatic carbocycles. The third-order valence-corrected chi connectivity index (χ3v) is 2.47. The summed E-state index contributed by atoms with van der Waals surface area (Å²) in [6.45, 7) is 1.95. The Kier molecular flexibility index (Phi) is 3.46. The molecule has 1 rings (SSSR count). The van der Waals surface area contributed by atoms with E-state index in [1.165, 1.54) is 6.07 Å². The zero-order valence-corrected chi connectivity index (χ0v) is 9.01. The number of rotatable bonds is 2. The molecule has 0 fully saturated rings. The highest BCUT2D eigenvalue weighted by Crippen LogP contribution is 2.19. The fraction of sp³-hybridized carbons (Fsp3) is 0.333. The fourth-order valence-electron chi connectivity index (χ4n) is 1.02. The lowest BCUT2D eigenvalue weighted by Gasteiger charge is -2.09. The van der Waals surface area contributed by atoms with Gasteiger partial charge in [-0.15, -0.1) is 0 Å². The molecule has 1 nitrogen and oxygen atoms in total. The van der Waals surface area contributed by atoms with Crippen LogP contribution in [0, 0.1) is 9.39 Å². The lowest BCUT2D eigenvalue weighted by Crippen LogP contribution is -2.10. The van der Waals surface area contributed by atoms with E-state index in [-0.39, 0.29) is 11.9 Å². The summed E-state index contributed by atoms with van der Waals surface area (Å²) in [5, 5.41) is 0. The minimum atomic E-state index is -0.198. The first-order valence-corrected chi connectivity index (χ1v) is 4.93. The first-order valence-electron chi connectivity index (χ1n) is 3.85. The predicted molar refractivity (Wildman–Crippen MR) is 56.3 cm³/mol. The Hall–Kier alpha value is -0.160. The second kappa shape index (κ2) is 4.18. The SMILES string of the molecule is CCC(N)c1ccc(I)cc1F.